The van der Waals surface area contributed by atoms with Crippen LogP contribution in [0, 0.1) is 0 Å². The third-order valence-corrected chi connectivity index (χ3v) is 3.97. The lowest BCUT2D eigenvalue weighted by Gasteiger charge is -2.24. The molecule has 0 unspecified atom stereocenters. The fourth-order valence-electron chi connectivity index (χ4n) is 2.57. The van der Waals surface area contributed by atoms with Crippen LogP contribution in [0.2, 0.25) is 0 Å². The van der Waals surface area contributed by atoms with Crippen LogP contribution in [0.5, 0.6) is 0 Å². The predicted molar refractivity (Wildman–Crippen MR) is 85.7 cm³/mol. The van der Waals surface area contributed by atoms with Crippen molar-refractivity contribution in [3.8, 4) is 0 Å². The average molecular weight is 316 g/mol. The van der Waals surface area contributed by atoms with Crippen LogP contribution in [0.15, 0.2) is 12.2 Å². The lowest BCUT2D eigenvalue weighted by Crippen LogP contribution is -2.42. The number of ether oxygens (including phenoxy) is 2. The summed E-state index contributed by atoms with van der Waals surface area (Å²) in [5.41, 5.74) is 0. The second kappa shape index (κ2) is 12.0. The van der Waals surface area contributed by atoms with Gasteiger partial charge in [0.15, 0.2) is 0 Å². The average Bonchev–Trinajstić information content (AvgIpc) is 2.85. The van der Waals surface area contributed by atoms with Crippen molar-refractivity contribution in [1.29, 1.82) is 0 Å². The van der Waals surface area contributed by atoms with Gasteiger partial charge in [-0.15, -0.1) is 0 Å². The van der Waals surface area contributed by atoms with Crippen molar-refractivity contribution in [2.24, 2.45) is 0 Å². The fourth-order valence-corrected chi connectivity index (χ4v) is 2.57. The van der Waals surface area contributed by atoms with Crippen LogP contribution in [0.3, 0.4) is 0 Å². The molecule has 1 fully saturated rings. The SMILES string of the molecule is CCCCCC/C=C/CCCO[C@@H](CO)[C@@H]1OC[C@@H](O)[C@@H]1O. The number of allylic oxidation sites excluding steroid dienone is 2. The first kappa shape index (κ1) is 19.6. The van der Waals surface area contributed by atoms with E-state index in [0.717, 1.165) is 19.3 Å². The van der Waals surface area contributed by atoms with Crippen LogP contribution in [-0.4, -0.2) is 59.6 Å². The molecule has 0 radical (unpaired) electrons. The first-order valence-electron chi connectivity index (χ1n) is 8.55. The third kappa shape index (κ3) is 7.20. The summed E-state index contributed by atoms with van der Waals surface area (Å²) in [7, 11) is 0. The summed E-state index contributed by atoms with van der Waals surface area (Å²) in [6.45, 7) is 2.59. The molecule has 0 bridgehead atoms. The Morgan fingerprint density at radius 3 is 2.45 bits per heavy atom. The first-order chi connectivity index (χ1) is 10.7. The summed E-state index contributed by atoms with van der Waals surface area (Å²) >= 11 is 0. The van der Waals surface area contributed by atoms with Crippen LogP contribution < -0.4 is 0 Å². The van der Waals surface area contributed by atoms with Crippen LogP contribution in [0.4, 0.5) is 0 Å². The van der Waals surface area contributed by atoms with Crippen molar-refractivity contribution in [3.63, 3.8) is 0 Å². The van der Waals surface area contributed by atoms with Crippen LogP contribution in [0.1, 0.15) is 51.9 Å². The molecule has 1 rings (SSSR count). The molecule has 0 saturated carbocycles. The number of hydrogen-bond donors (Lipinski definition) is 3. The highest BCUT2D eigenvalue weighted by Gasteiger charge is 2.40. The maximum absolute atomic E-state index is 9.74. The zero-order chi connectivity index (χ0) is 16.2. The van der Waals surface area contributed by atoms with E-state index in [0.29, 0.717) is 6.61 Å². The molecule has 0 aromatic carbocycles. The molecule has 0 spiro atoms. The van der Waals surface area contributed by atoms with Crippen molar-refractivity contribution in [2.75, 3.05) is 19.8 Å². The van der Waals surface area contributed by atoms with Gasteiger partial charge in [-0.05, 0) is 25.7 Å². The summed E-state index contributed by atoms with van der Waals surface area (Å²) in [5.74, 6) is 0. The lowest BCUT2D eigenvalue weighted by molar-refractivity contribution is -0.101. The highest BCUT2D eigenvalue weighted by Crippen LogP contribution is 2.19. The summed E-state index contributed by atoms with van der Waals surface area (Å²) in [4.78, 5) is 0. The smallest absolute Gasteiger partial charge is 0.114 e. The normalized spacial score (nSPS) is 26.8. The fraction of sp³-hybridized carbons (Fsp3) is 0.882. The minimum Gasteiger partial charge on any atom is -0.394 e. The Labute approximate surface area is 133 Å². The molecule has 1 saturated heterocycles. The molecule has 1 aliphatic heterocycles. The van der Waals surface area contributed by atoms with E-state index in [1.165, 1.54) is 25.7 Å². The zero-order valence-electron chi connectivity index (χ0n) is 13.7. The molecule has 130 valence electrons. The first-order valence-corrected chi connectivity index (χ1v) is 8.55. The van der Waals surface area contributed by atoms with Crippen molar-refractivity contribution >= 4 is 0 Å². The highest BCUT2D eigenvalue weighted by atomic mass is 16.6. The van der Waals surface area contributed by atoms with E-state index in [4.69, 9.17) is 9.47 Å². The molecule has 0 aromatic heterocycles. The molecule has 0 aliphatic carbocycles. The highest BCUT2D eigenvalue weighted by molar-refractivity contribution is 4.88. The Bertz CT molecular complexity index is 295. The predicted octanol–water partition coefficient (Wildman–Crippen LogP) is 1.79. The van der Waals surface area contributed by atoms with Gasteiger partial charge in [-0.3, -0.25) is 0 Å². The number of rotatable bonds is 12. The van der Waals surface area contributed by atoms with E-state index in [2.05, 4.69) is 19.1 Å². The van der Waals surface area contributed by atoms with Gasteiger partial charge in [0.2, 0.25) is 0 Å². The van der Waals surface area contributed by atoms with E-state index < -0.39 is 24.4 Å². The van der Waals surface area contributed by atoms with Gasteiger partial charge >= 0.3 is 0 Å². The number of aliphatic hydroxyl groups excluding tert-OH is 3. The Kier molecular flexibility index (Phi) is 10.7. The largest absolute Gasteiger partial charge is 0.394 e. The second-order valence-electron chi connectivity index (χ2n) is 5.91. The minimum atomic E-state index is -0.986. The Balaban J connectivity index is 2.06. The van der Waals surface area contributed by atoms with E-state index in [-0.39, 0.29) is 13.2 Å². The third-order valence-electron chi connectivity index (χ3n) is 3.97. The molecular formula is C17H32O5. The summed E-state index contributed by atoms with van der Waals surface area (Å²) in [6.07, 6.45) is 9.39. The topological polar surface area (TPSA) is 79.2 Å². The van der Waals surface area contributed by atoms with Gasteiger partial charge in [0, 0.05) is 6.61 Å². The van der Waals surface area contributed by atoms with Gasteiger partial charge < -0.3 is 24.8 Å². The van der Waals surface area contributed by atoms with Gasteiger partial charge in [0.1, 0.15) is 24.4 Å². The molecular weight excluding hydrogens is 284 g/mol. The summed E-state index contributed by atoms with van der Waals surface area (Å²) < 4.78 is 10.8. The molecule has 3 N–H and O–H groups in total. The van der Waals surface area contributed by atoms with Crippen LogP contribution in [-0.2, 0) is 9.47 Å². The van der Waals surface area contributed by atoms with Crippen LogP contribution >= 0.6 is 0 Å². The lowest BCUT2D eigenvalue weighted by atomic mass is 10.1. The maximum Gasteiger partial charge on any atom is 0.114 e. The number of aliphatic hydroxyl groups is 3. The van der Waals surface area contributed by atoms with Crippen molar-refractivity contribution in [3.05, 3.63) is 12.2 Å². The van der Waals surface area contributed by atoms with E-state index >= 15 is 0 Å². The van der Waals surface area contributed by atoms with Gasteiger partial charge in [0.05, 0.1) is 13.2 Å². The zero-order valence-corrected chi connectivity index (χ0v) is 13.7. The van der Waals surface area contributed by atoms with Gasteiger partial charge in [-0.1, -0.05) is 38.3 Å². The van der Waals surface area contributed by atoms with Gasteiger partial charge in [0.25, 0.3) is 0 Å². The Hall–Kier alpha value is -0.460. The molecule has 5 nitrogen and oxygen atoms in total. The van der Waals surface area contributed by atoms with Gasteiger partial charge in [-0.2, -0.15) is 0 Å². The standard InChI is InChI=1S/C17H32O5/c1-2-3-4-5-6-7-8-9-10-11-21-15(12-18)17-16(20)14(19)13-22-17/h7-8,14-20H,2-6,9-13H2,1H3/b8-7+/t14-,15+,16+,17+/m1/s1. The van der Waals surface area contributed by atoms with E-state index in [1.807, 2.05) is 0 Å². The van der Waals surface area contributed by atoms with E-state index in [9.17, 15) is 15.3 Å². The number of hydrogen-bond acceptors (Lipinski definition) is 5. The molecule has 4 atom stereocenters. The molecule has 22 heavy (non-hydrogen) atoms. The molecule has 0 amide bonds. The molecule has 5 heteroatoms. The van der Waals surface area contributed by atoms with Crippen molar-refractivity contribution in [2.45, 2.75) is 76.3 Å². The summed E-state index contributed by atoms with van der Waals surface area (Å²) in [5, 5.41) is 28.5. The van der Waals surface area contributed by atoms with Gasteiger partial charge in [-0.25, -0.2) is 0 Å². The Morgan fingerprint density at radius 2 is 1.86 bits per heavy atom. The Morgan fingerprint density at radius 1 is 1.14 bits per heavy atom. The molecule has 1 aliphatic rings. The number of unbranched alkanes of at least 4 members (excludes halogenated alkanes) is 5. The maximum atomic E-state index is 9.74. The van der Waals surface area contributed by atoms with Crippen molar-refractivity contribution < 1.29 is 24.8 Å². The molecule has 1 heterocycles. The monoisotopic (exact) mass is 316 g/mol. The van der Waals surface area contributed by atoms with E-state index in [1.54, 1.807) is 0 Å². The molecule has 0 aromatic rings. The summed E-state index contributed by atoms with van der Waals surface area (Å²) in [6, 6.07) is 0. The second-order valence-corrected chi connectivity index (χ2v) is 5.91. The quantitative estimate of drug-likeness (QED) is 0.378. The minimum absolute atomic E-state index is 0.0897. The van der Waals surface area contributed by atoms with Crippen LogP contribution in [0.25, 0.3) is 0 Å². The van der Waals surface area contributed by atoms with Crippen molar-refractivity contribution in [1.82, 2.24) is 0 Å².